The van der Waals surface area contributed by atoms with Crippen molar-refractivity contribution in [2.45, 2.75) is 24.9 Å². The van der Waals surface area contributed by atoms with Crippen LogP contribution >= 0.6 is 7.82 Å². The average molecular weight is 371 g/mol. The second-order valence-corrected chi connectivity index (χ2v) is 6.86. The van der Waals surface area contributed by atoms with Crippen molar-refractivity contribution in [1.82, 2.24) is 23.9 Å². The van der Waals surface area contributed by atoms with Gasteiger partial charge < -0.3 is 24.6 Å². The molecule has 3 atom stereocenters. The first-order valence-electron chi connectivity index (χ1n) is 7.29. The van der Waals surface area contributed by atoms with Crippen molar-refractivity contribution in [2.24, 2.45) is 0 Å². The number of phosphoric acid groups is 1. The number of nitrogens with one attached hydrogen (secondary N) is 1. The first-order chi connectivity index (χ1) is 11.8. The van der Waals surface area contributed by atoms with Crippen LogP contribution < -0.4 is 5.56 Å². The molecule has 4 heterocycles. The summed E-state index contributed by atoms with van der Waals surface area (Å²) < 4.78 is 23.6. The summed E-state index contributed by atoms with van der Waals surface area (Å²) in [4.78, 5) is 40.9. The Kier molecular flexibility index (Phi) is 3.76. The summed E-state index contributed by atoms with van der Waals surface area (Å²) in [7, 11) is -4.66. The number of fused-ring (bicyclic) bond motifs is 2. The predicted molar refractivity (Wildman–Crippen MR) is 81.6 cm³/mol. The van der Waals surface area contributed by atoms with Crippen LogP contribution in [0.1, 0.15) is 12.6 Å². The predicted octanol–water partition coefficient (Wildman–Crippen LogP) is -0.870. The van der Waals surface area contributed by atoms with E-state index in [9.17, 15) is 14.5 Å². The Bertz CT molecular complexity index is 1040. The molecule has 0 radical (unpaired) electrons. The molecule has 0 spiro atoms. The summed E-state index contributed by atoms with van der Waals surface area (Å²) >= 11 is 0. The Balaban J connectivity index is 1.65. The Morgan fingerprint density at radius 3 is 3.00 bits per heavy atom. The Labute approximate surface area is 138 Å². The van der Waals surface area contributed by atoms with Gasteiger partial charge in [-0.3, -0.25) is 13.9 Å². The highest BCUT2D eigenvalue weighted by Gasteiger charge is 2.37. The van der Waals surface area contributed by atoms with Gasteiger partial charge in [-0.15, -0.1) is 0 Å². The molecule has 1 aliphatic rings. The minimum atomic E-state index is -4.66. The number of aliphatic hydroxyl groups is 1. The van der Waals surface area contributed by atoms with Crippen molar-refractivity contribution in [2.75, 3.05) is 6.61 Å². The van der Waals surface area contributed by atoms with Crippen molar-refractivity contribution in [1.29, 1.82) is 0 Å². The van der Waals surface area contributed by atoms with E-state index in [1.165, 1.54) is 27.7 Å². The Morgan fingerprint density at radius 1 is 1.44 bits per heavy atom. The lowest BCUT2D eigenvalue weighted by molar-refractivity contribution is -0.0424. The molecule has 1 fully saturated rings. The molecule has 4 rings (SSSR count). The van der Waals surface area contributed by atoms with E-state index < -0.39 is 32.9 Å². The van der Waals surface area contributed by atoms with Crippen LogP contribution in [0.25, 0.3) is 16.9 Å². The molecule has 0 aliphatic carbocycles. The number of phosphoric ester groups is 1. The van der Waals surface area contributed by atoms with E-state index in [4.69, 9.17) is 14.5 Å². The molecule has 12 nitrogen and oxygen atoms in total. The van der Waals surface area contributed by atoms with Crippen LogP contribution in [0.2, 0.25) is 0 Å². The highest BCUT2D eigenvalue weighted by Crippen LogP contribution is 2.38. The van der Waals surface area contributed by atoms with Crippen LogP contribution in [0.15, 0.2) is 23.5 Å². The second-order valence-electron chi connectivity index (χ2n) is 5.62. The fraction of sp³-hybridized carbons (Fsp3) is 0.417. The first-order valence-corrected chi connectivity index (χ1v) is 8.82. The van der Waals surface area contributed by atoms with E-state index in [1.54, 1.807) is 0 Å². The second kappa shape index (κ2) is 5.73. The van der Waals surface area contributed by atoms with Crippen LogP contribution in [-0.4, -0.2) is 57.6 Å². The monoisotopic (exact) mass is 371 g/mol. The highest BCUT2D eigenvalue weighted by atomic mass is 31.2. The number of aliphatic hydroxyl groups excluding tert-OH is 1. The summed E-state index contributed by atoms with van der Waals surface area (Å²) in [5.41, 5.74) is 0.205. The Morgan fingerprint density at radius 2 is 2.24 bits per heavy atom. The zero-order valence-corrected chi connectivity index (χ0v) is 13.5. The fourth-order valence-electron chi connectivity index (χ4n) is 2.85. The van der Waals surface area contributed by atoms with Gasteiger partial charge >= 0.3 is 7.82 Å². The maximum Gasteiger partial charge on any atom is 0.469 e. The molecule has 0 saturated carbocycles. The molecule has 4 N–H and O–H groups in total. The van der Waals surface area contributed by atoms with Gasteiger partial charge in [-0.25, -0.2) is 18.9 Å². The largest absolute Gasteiger partial charge is 0.469 e. The minimum absolute atomic E-state index is 0.141. The Hall–Kier alpha value is -2.08. The van der Waals surface area contributed by atoms with E-state index >= 15 is 0 Å². The number of H-pyrrole nitrogens is 1. The summed E-state index contributed by atoms with van der Waals surface area (Å²) in [6, 6.07) is 0. The number of imidazole rings is 2. The summed E-state index contributed by atoms with van der Waals surface area (Å²) in [6.07, 6.45) is 1.93. The van der Waals surface area contributed by atoms with Crippen LogP contribution in [0.3, 0.4) is 0 Å². The lowest BCUT2D eigenvalue weighted by Crippen LogP contribution is -2.25. The van der Waals surface area contributed by atoms with E-state index in [-0.39, 0.29) is 17.5 Å². The van der Waals surface area contributed by atoms with Crippen LogP contribution in [0.4, 0.5) is 0 Å². The van der Waals surface area contributed by atoms with Gasteiger partial charge in [0.25, 0.3) is 5.56 Å². The van der Waals surface area contributed by atoms with Gasteiger partial charge in [0.1, 0.15) is 18.0 Å². The van der Waals surface area contributed by atoms with Gasteiger partial charge in [-0.2, -0.15) is 0 Å². The van der Waals surface area contributed by atoms with Crippen molar-refractivity contribution in [3.05, 3.63) is 29.1 Å². The third-order valence-electron chi connectivity index (χ3n) is 4.01. The van der Waals surface area contributed by atoms with Crippen LogP contribution in [-0.2, 0) is 13.8 Å². The number of nitrogens with zero attached hydrogens (tertiary/aromatic N) is 4. The number of aromatic amines is 1. The number of hydrogen-bond donors (Lipinski definition) is 4. The average Bonchev–Trinajstić information content (AvgIpc) is 3.22. The first kappa shape index (κ1) is 16.4. The molecule has 0 bridgehead atoms. The van der Waals surface area contributed by atoms with Gasteiger partial charge in [-0.1, -0.05) is 0 Å². The van der Waals surface area contributed by atoms with Crippen molar-refractivity contribution >= 4 is 24.8 Å². The van der Waals surface area contributed by atoms with Gasteiger partial charge in [0.2, 0.25) is 5.78 Å². The molecule has 1 aliphatic heterocycles. The molecule has 134 valence electrons. The lowest BCUT2D eigenvalue weighted by Gasteiger charge is -2.16. The molecule has 13 heteroatoms. The molecule has 0 aromatic carbocycles. The van der Waals surface area contributed by atoms with Crippen molar-refractivity contribution in [3.63, 3.8) is 0 Å². The molecule has 1 saturated heterocycles. The topological polar surface area (TPSA) is 164 Å². The number of ether oxygens (including phenoxy) is 1. The highest BCUT2D eigenvalue weighted by molar-refractivity contribution is 7.46. The zero-order valence-electron chi connectivity index (χ0n) is 12.6. The molecule has 3 aromatic heterocycles. The number of rotatable bonds is 4. The van der Waals surface area contributed by atoms with E-state index in [0.717, 1.165) is 0 Å². The zero-order chi connectivity index (χ0) is 17.8. The van der Waals surface area contributed by atoms with Gasteiger partial charge in [0.05, 0.1) is 19.0 Å². The van der Waals surface area contributed by atoms with Crippen molar-refractivity contribution in [3.8, 4) is 0 Å². The lowest BCUT2D eigenvalue weighted by atomic mass is 10.2. The van der Waals surface area contributed by atoms with Gasteiger partial charge in [-0.05, 0) is 0 Å². The quantitative estimate of drug-likeness (QED) is 0.427. The van der Waals surface area contributed by atoms with E-state index in [0.29, 0.717) is 11.4 Å². The minimum Gasteiger partial charge on any atom is -0.390 e. The summed E-state index contributed by atoms with van der Waals surface area (Å²) in [5.74, 6) is 0.333. The van der Waals surface area contributed by atoms with E-state index in [2.05, 4.69) is 19.5 Å². The molecular weight excluding hydrogens is 357 g/mol. The number of hydrogen-bond acceptors (Lipinski definition) is 7. The normalized spacial score (nSPS) is 24.5. The SMILES string of the molecule is O=c1c2ncn([C@H]3C[C@H](O)[C@@H](COP(=O)(O)O)O3)c2[nH]c2nccn12. The number of aromatic nitrogens is 5. The third-order valence-corrected chi connectivity index (χ3v) is 4.49. The fourth-order valence-corrected chi connectivity index (χ4v) is 3.19. The maximum atomic E-state index is 12.3. The van der Waals surface area contributed by atoms with Crippen LogP contribution in [0, 0.1) is 0 Å². The summed E-state index contributed by atoms with van der Waals surface area (Å²) in [5, 5.41) is 10.0. The van der Waals surface area contributed by atoms with Gasteiger partial charge in [0, 0.05) is 18.8 Å². The standard InChI is InChI=1S/C12H14N5O7P/c18-6-3-8(24-7(6)4-23-25(20,21)22)17-5-14-9-10(17)15-12-13-1-2-16(12)11(9)19/h1-2,5-8,18H,3-4H2,(H,13,15)(H2,20,21,22)/t6-,7+,8+/m0/s1. The van der Waals surface area contributed by atoms with Crippen LogP contribution in [0.5, 0.6) is 0 Å². The maximum absolute atomic E-state index is 12.3. The van der Waals surface area contributed by atoms with Crippen molar-refractivity contribution < 1.29 is 28.7 Å². The summed E-state index contributed by atoms with van der Waals surface area (Å²) in [6.45, 7) is -0.463. The third kappa shape index (κ3) is 2.88. The molecule has 0 unspecified atom stereocenters. The molecular formula is C12H14N5O7P. The molecule has 0 amide bonds. The van der Waals surface area contributed by atoms with Gasteiger partial charge in [0.15, 0.2) is 5.52 Å². The molecule has 3 aromatic rings. The smallest absolute Gasteiger partial charge is 0.390 e. The molecule has 25 heavy (non-hydrogen) atoms. The van der Waals surface area contributed by atoms with E-state index in [1.807, 2.05) is 0 Å².